The number of aromatic nitrogens is 4. The minimum atomic E-state index is -0.482. The van der Waals surface area contributed by atoms with E-state index in [-0.39, 0.29) is 10.9 Å². The number of hydrogen-bond acceptors (Lipinski definition) is 7. The van der Waals surface area contributed by atoms with Crippen molar-refractivity contribution in [1.29, 1.82) is 0 Å². The van der Waals surface area contributed by atoms with E-state index >= 15 is 0 Å². The molecule has 12 heteroatoms. The first kappa shape index (κ1) is 22.5. The summed E-state index contributed by atoms with van der Waals surface area (Å²) in [6.45, 7) is 1.84. The first-order valence-corrected chi connectivity index (χ1v) is 11.8. The van der Waals surface area contributed by atoms with Crippen molar-refractivity contribution < 1.29 is 9.21 Å². The Labute approximate surface area is 212 Å². The summed E-state index contributed by atoms with van der Waals surface area (Å²) in [6, 6.07) is 15.8. The molecule has 3 aromatic heterocycles. The normalized spacial score (nSPS) is 11.0. The van der Waals surface area contributed by atoms with Crippen molar-refractivity contribution >= 4 is 68.4 Å². The highest BCUT2D eigenvalue weighted by Gasteiger charge is 2.15. The molecule has 0 bridgehead atoms. The highest BCUT2D eigenvalue weighted by molar-refractivity contribution is 7.80. The second-order valence-corrected chi connectivity index (χ2v) is 9.31. The molecule has 0 spiro atoms. The summed E-state index contributed by atoms with van der Waals surface area (Å²) in [6.07, 6.45) is 0. The van der Waals surface area contributed by atoms with Gasteiger partial charge in [-0.05, 0) is 61.6 Å². The molecular weight excluding hydrogens is 515 g/mol. The zero-order valence-corrected chi connectivity index (χ0v) is 20.5. The van der Waals surface area contributed by atoms with Crippen LogP contribution in [0, 0.1) is 6.92 Å². The molecule has 0 saturated carbocycles. The largest absolute Gasteiger partial charge is 0.451 e. The molecule has 0 saturated heterocycles. The number of aryl methyl sites for hydroxylation is 1. The Morgan fingerprint density at radius 2 is 1.91 bits per heavy atom. The highest BCUT2D eigenvalue weighted by atomic mass is 35.5. The van der Waals surface area contributed by atoms with Gasteiger partial charge in [-0.2, -0.15) is 9.61 Å². The second kappa shape index (κ2) is 9.15. The average Bonchev–Trinajstić information content (AvgIpc) is 3.54. The molecule has 0 radical (unpaired) electrons. The number of rotatable bonds is 4. The number of benzene rings is 2. The Hall–Kier alpha value is -3.31. The summed E-state index contributed by atoms with van der Waals surface area (Å²) in [5.74, 6) is 0.824. The summed E-state index contributed by atoms with van der Waals surface area (Å²) in [7, 11) is 0. The van der Waals surface area contributed by atoms with E-state index in [9.17, 15) is 4.79 Å². The van der Waals surface area contributed by atoms with Crippen LogP contribution in [0.1, 0.15) is 16.4 Å². The number of halogens is 2. The number of hydrogen-bond donors (Lipinski definition) is 2. The van der Waals surface area contributed by atoms with E-state index in [4.69, 9.17) is 39.8 Å². The fourth-order valence-corrected chi connectivity index (χ4v) is 4.54. The van der Waals surface area contributed by atoms with Crippen molar-refractivity contribution in [3.05, 3.63) is 76.2 Å². The molecule has 170 valence electrons. The number of nitrogens with one attached hydrogen (secondary N) is 2. The summed E-state index contributed by atoms with van der Waals surface area (Å²) in [5, 5.41) is 20.0. The Morgan fingerprint density at radius 3 is 2.71 bits per heavy atom. The van der Waals surface area contributed by atoms with E-state index in [1.54, 1.807) is 34.8 Å². The van der Waals surface area contributed by atoms with Gasteiger partial charge in [0.1, 0.15) is 10.8 Å². The van der Waals surface area contributed by atoms with Crippen molar-refractivity contribution in [1.82, 2.24) is 25.1 Å². The molecule has 2 aromatic carbocycles. The molecule has 5 aromatic rings. The first-order valence-electron chi connectivity index (χ1n) is 9.84. The average molecular weight is 529 g/mol. The summed E-state index contributed by atoms with van der Waals surface area (Å²) in [4.78, 5) is 13.3. The number of anilines is 1. The van der Waals surface area contributed by atoms with E-state index in [2.05, 4.69) is 25.9 Å². The fourth-order valence-electron chi connectivity index (χ4n) is 3.15. The molecule has 0 aliphatic rings. The van der Waals surface area contributed by atoms with Gasteiger partial charge in [-0.15, -0.1) is 10.2 Å². The molecule has 0 atom stereocenters. The van der Waals surface area contributed by atoms with Crippen LogP contribution < -0.4 is 10.6 Å². The van der Waals surface area contributed by atoms with E-state index in [0.717, 1.165) is 16.4 Å². The van der Waals surface area contributed by atoms with Gasteiger partial charge in [0.2, 0.25) is 4.96 Å². The van der Waals surface area contributed by atoms with Gasteiger partial charge in [0, 0.05) is 16.8 Å². The molecule has 0 unspecified atom stereocenters. The van der Waals surface area contributed by atoms with Gasteiger partial charge in [0.25, 0.3) is 5.91 Å². The monoisotopic (exact) mass is 528 g/mol. The number of nitrogens with zero attached hydrogens (tertiary/aromatic N) is 4. The summed E-state index contributed by atoms with van der Waals surface area (Å²) >= 11 is 18.8. The minimum absolute atomic E-state index is 0.106. The van der Waals surface area contributed by atoms with Gasteiger partial charge < -0.3 is 9.73 Å². The molecule has 2 N–H and O–H groups in total. The SMILES string of the molecule is Cc1nnc2sc(-c3cccc(NC(=S)NC(=O)c4ccc(-c5ccc(Cl)c(Cl)c5)o4)c3)nn12. The zero-order valence-electron chi connectivity index (χ0n) is 17.4. The van der Waals surface area contributed by atoms with Gasteiger partial charge in [0.05, 0.1) is 10.0 Å². The van der Waals surface area contributed by atoms with Crippen molar-refractivity contribution in [2.75, 3.05) is 5.32 Å². The van der Waals surface area contributed by atoms with Crippen LogP contribution in [0.25, 0.3) is 26.9 Å². The van der Waals surface area contributed by atoms with Gasteiger partial charge in [-0.1, -0.05) is 46.7 Å². The Kier molecular flexibility index (Phi) is 6.05. The Bertz CT molecular complexity index is 1560. The molecule has 0 aliphatic heterocycles. The van der Waals surface area contributed by atoms with Crippen LogP contribution in [0.15, 0.2) is 59.0 Å². The van der Waals surface area contributed by atoms with Crippen molar-refractivity contribution in [3.63, 3.8) is 0 Å². The Morgan fingerprint density at radius 1 is 1.06 bits per heavy atom. The quantitative estimate of drug-likeness (QED) is 0.282. The second-order valence-electron chi connectivity index (χ2n) is 7.13. The lowest BCUT2D eigenvalue weighted by Crippen LogP contribution is -2.33. The smallest absolute Gasteiger partial charge is 0.293 e. The first-order chi connectivity index (χ1) is 16.4. The zero-order chi connectivity index (χ0) is 23.8. The van der Waals surface area contributed by atoms with Gasteiger partial charge >= 0.3 is 0 Å². The molecule has 3 heterocycles. The van der Waals surface area contributed by atoms with Crippen LogP contribution in [-0.4, -0.2) is 30.8 Å². The molecule has 8 nitrogen and oxygen atoms in total. The topological polar surface area (TPSA) is 97.3 Å². The van der Waals surface area contributed by atoms with Gasteiger partial charge in [-0.25, -0.2) is 0 Å². The molecule has 34 heavy (non-hydrogen) atoms. The van der Waals surface area contributed by atoms with Crippen LogP contribution >= 0.6 is 46.8 Å². The number of carbonyl (C=O) groups is 1. The maximum absolute atomic E-state index is 12.6. The minimum Gasteiger partial charge on any atom is -0.451 e. The number of carbonyl (C=O) groups excluding carboxylic acids is 1. The highest BCUT2D eigenvalue weighted by Crippen LogP contribution is 2.30. The predicted octanol–water partition coefficient (Wildman–Crippen LogP) is 5.85. The van der Waals surface area contributed by atoms with Gasteiger partial charge in [0.15, 0.2) is 16.7 Å². The van der Waals surface area contributed by atoms with Crippen LogP contribution in [0.3, 0.4) is 0 Å². The standard InChI is InChI=1S/C22H14Cl2N6O2S2/c1-11-27-28-22-30(11)29-20(34-22)13-3-2-4-14(9-13)25-21(33)26-19(31)18-8-7-17(32-18)12-5-6-15(23)16(24)10-12/h2-10H,1H3,(H2,25,26,31,33). The number of thiocarbonyl (C=S) groups is 1. The van der Waals surface area contributed by atoms with Crippen LogP contribution in [0.4, 0.5) is 5.69 Å². The molecule has 0 aliphatic carbocycles. The molecular formula is C22H14Cl2N6O2S2. The van der Waals surface area contributed by atoms with Crippen molar-refractivity contribution in [2.45, 2.75) is 6.92 Å². The van der Waals surface area contributed by atoms with E-state index < -0.39 is 5.91 Å². The van der Waals surface area contributed by atoms with E-state index in [1.165, 1.54) is 11.3 Å². The summed E-state index contributed by atoms with van der Waals surface area (Å²) in [5.41, 5.74) is 2.28. The van der Waals surface area contributed by atoms with Gasteiger partial charge in [-0.3, -0.25) is 10.1 Å². The third kappa shape index (κ3) is 4.53. The number of furan rings is 1. The Balaban J connectivity index is 1.26. The van der Waals surface area contributed by atoms with Crippen molar-refractivity contribution in [2.24, 2.45) is 0 Å². The lowest BCUT2D eigenvalue weighted by atomic mass is 10.2. The molecule has 5 rings (SSSR count). The molecule has 1 amide bonds. The fraction of sp³-hybridized carbons (Fsp3) is 0.0455. The van der Waals surface area contributed by atoms with E-state index in [1.807, 2.05) is 31.2 Å². The third-order valence-electron chi connectivity index (χ3n) is 4.78. The van der Waals surface area contributed by atoms with Crippen LogP contribution in [0.5, 0.6) is 0 Å². The van der Waals surface area contributed by atoms with E-state index in [0.29, 0.717) is 32.0 Å². The summed E-state index contributed by atoms with van der Waals surface area (Å²) < 4.78 is 7.36. The lowest BCUT2D eigenvalue weighted by Gasteiger charge is -2.09. The lowest BCUT2D eigenvalue weighted by molar-refractivity contribution is 0.0951. The molecule has 0 fully saturated rings. The number of amides is 1. The third-order valence-corrected chi connectivity index (χ3v) is 6.67. The van der Waals surface area contributed by atoms with Crippen molar-refractivity contribution in [3.8, 4) is 21.9 Å². The predicted molar refractivity (Wildman–Crippen MR) is 137 cm³/mol. The van der Waals surface area contributed by atoms with Crippen LogP contribution in [0.2, 0.25) is 10.0 Å². The number of fused-ring (bicyclic) bond motifs is 1. The van der Waals surface area contributed by atoms with Crippen LogP contribution in [-0.2, 0) is 0 Å². The maximum Gasteiger partial charge on any atom is 0.293 e. The maximum atomic E-state index is 12.6.